The average molecular weight is 330 g/mol. The number of carbonyl (C=O) groups is 1. The Morgan fingerprint density at radius 3 is 2.79 bits per heavy atom. The molecule has 2 heterocycles. The van der Waals surface area contributed by atoms with Gasteiger partial charge in [0, 0.05) is 31.5 Å². The zero-order valence-electron chi connectivity index (χ0n) is 15.0. The molecule has 0 radical (unpaired) electrons. The van der Waals surface area contributed by atoms with E-state index in [0.29, 0.717) is 13.0 Å². The Balaban J connectivity index is 1.72. The number of benzene rings is 1. The lowest BCUT2D eigenvalue weighted by Gasteiger charge is -2.32. The highest BCUT2D eigenvalue weighted by atomic mass is 16.5. The molecule has 0 saturated carbocycles. The second-order valence-electron chi connectivity index (χ2n) is 7.47. The predicted octanol–water partition coefficient (Wildman–Crippen LogP) is 3.10. The molecule has 0 aromatic heterocycles. The van der Waals surface area contributed by atoms with Crippen molar-refractivity contribution < 1.29 is 9.53 Å². The SMILES string of the molecule is CCCCN1CCOC[C@]2(CC(=O)N([C@@H](C)c3ccccc3)C2)C1. The van der Waals surface area contributed by atoms with Gasteiger partial charge in [0.15, 0.2) is 0 Å². The zero-order chi connectivity index (χ0) is 17.0. The van der Waals surface area contributed by atoms with Gasteiger partial charge in [-0.25, -0.2) is 0 Å². The molecule has 1 spiro atoms. The molecule has 2 aliphatic heterocycles. The smallest absolute Gasteiger partial charge is 0.223 e. The van der Waals surface area contributed by atoms with Crippen LogP contribution < -0.4 is 0 Å². The van der Waals surface area contributed by atoms with Crippen LogP contribution in [0.5, 0.6) is 0 Å². The van der Waals surface area contributed by atoms with Gasteiger partial charge in [0.25, 0.3) is 0 Å². The van der Waals surface area contributed by atoms with Crippen LogP contribution >= 0.6 is 0 Å². The Morgan fingerprint density at radius 1 is 1.25 bits per heavy atom. The first-order chi connectivity index (χ1) is 11.6. The minimum absolute atomic E-state index is 0.0373. The van der Waals surface area contributed by atoms with Gasteiger partial charge in [0.1, 0.15) is 0 Å². The molecule has 0 aliphatic carbocycles. The second-order valence-corrected chi connectivity index (χ2v) is 7.47. The van der Waals surface area contributed by atoms with Gasteiger partial charge in [-0.3, -0.25) is 4.79 Å². The maximum Gasteiger partial charge on any atom is 0.223 e. The Bertz CT molecular complexity index is 548. The van der Waals surface area contributed by atoms with Crippen molar-refractivity contribution in [2.24, 2.45) is 5.41 Å². The molecule has 2 aliphatic rings. The van der Waals surface area contributed by atoms with Gasteiger partial charge in [-0.1, -0.05) is 43.7 Å². The van der Waals surface area contributed by atoms with Gasteiger partial charge >= 0.3 is 0 Å². The monoisotopic (exact) mass is 330 g/mol. The fourth-order valence-corrected chi connectivity index (χ4v) is 4.05. The number of hydrogen-bond acceptors (Lipinski definition) is 3. The number of nitrogens with zero attached hydrogens (tertiary/aromatic N) is 2. The minimum atomic E-state index is -0.0373. The molecule has 3 rings (SSSR count). The van der Waals surface area contributed by atoms with E-state index in [1.165, 1.54) is 18.4 Å². The predicted molar refractivity (Wildman–Crippen MR) is 95.8 cm³/mol. The Hall–Kier alpha value is -1.39. The molecule has 1 aromatic carbocycles. The standard InChI is InChI=1S/C20H30N2O2/c1-3-4-10-21-11-12-24-16-20(14-21)13-19(23)22(15-20)17(2)18-8-6-5-7-9-18/h5-9,17H,3-4,10-16H2,1-2H3/t17-,20+/m0/s1. The Morgan fingerprint density at radius 2 is 2.04 bits per heavy atom. The summed E-state index contributed by atoms with van der Waals surface area (Å²) in [6, 6.07) is 10.5. The zero-order valence-corrected chi connectivity index (χ0v) is 15.0. The van der Waals surface area contributed by atoms with Gasteiger partial charge in [-0.15, -0.1) is 0 Å². The van der Waals surface area contributed by atoms with E-state index < -0.39 is 0 Å². The van der Waals surface area contributed by atoms with E-state index in [-0.39, 0.29) is 17.4 Å². The number of likely N-dealkylation sites (tertiary alicyclic amines) is 1. The highest BCUT2D eigenvalue weighted by Gasteiger charge is 2.46. The molecule has 2 fully saturated rings. The summed E-state index contributed by atoms with van der Waals surface area (Å²) in [6.07, 6.45) is 3.04. The number of carbonyl (C=O) groups excluding carboxylic acids is 1. The molecular formula is C20H30N2O2. The Kier molecular flexibility index (Phi) is 5.57. The van der Waals surface area contributed by atoms with Gasteiger partial charge in [0.05, 0.1) is 19.3 Å². The topological polar surface area (TPSA) is 32.8 Å². The molecule has 2 atom stereocenters. The van der Waals surface area contributed by atoms with Gasteiger partial charge < -0.3 is 14.5 Å². The molecule has 1 aromatic rings. The summed E-state index contributed by atoms with van der Waals surface area (Å²) >= 11 is 0. The maximum absolute atomic E-state index is 12.7. The highest BCUT2D eigenvalue weighted by Crippen LogP contribution is 2.38. The van der Waals surface area contributed by atoms with E-state index in [9.17, 15) is 4.79 Å². The third-order valence-electron chi connectivity index (χ3n) is 5.45. The molecule has 24 heavy (non-hydrogen) atoms. The van der Waals surface area contributed by atoms with Crippen LogP contribution in [0, 0.1) is 5.41 Å². The summed E-state index contributed by atoms with van der Waals surface area (Å²) in [4.78, 5) is 17.3. The Labute approximate surface area is 145 Å². The molecule has 0 bridgehead atoms. The largest absolute Gasteiger partial charge is 0.379 e. The van der Waals surface area contributed by atoms with Crippen LogP contribution in [0.2, 0.25) is 0 Å². The lowest BCUT2D eigenvalue weighted by atomic mass is 9.87. The first-order valence-corrected chi connectivity index (χ1v) is 9.28. The normalized spacial score (nSPS) is 26.8. The van der Waals surface area contributed by atoms with Gasteiger partial charge in [-0.05, 0) is 25.5 Å². The summed E-state index contributed by atoms with van der Waals surface area (Å²) in [7, 11) is 0. The fraction of sp³-hybridized carbons (Fsp3) is 0.650. The van der Waals surface area contributed by atoms with Crippen LogP contribution in [0.1, 0.15) is 44.7 Å². The number of unbranched alkanes of at least 4 members (excludes halogenated alkanes) is 1. The highest BCUT2D eigenvalue weighted by molar-refractivity contribution is 5.80. The van der Waals surface area contributed by atoms with Crippen LogP contribution in [0.15, 0.2) is 30.3 Å². The number of rotatable bonds is 5. The van der Waals surface area contributed by atoms with Crippen LogP contribution in [-0.4, -0.2) is 55.1 Å². The quantitative estimate of drug-likeness (QED) is 0.832. The van der Waals surface area contributed by atoms with Crippen LogP contribution in [0.3, 0.4) is 0 Å². The van der Waals surface area contributed by atoms with Crippen molar-refractivity contribution in [2.45, 2.75) is 39.2 Å². The van der Waals surface area contributed by atoms with Crippen molar-refractivity contribution in [1.82, 2.24) is 9.80 Å². The maximum atomic E-state index is 12.7. The van der Waals surface area contributed by atoms with E-state index in [1.807, 2.05) is 18.2 Å². The molecule has 0 unspecified atom stereocenters. The second kappa shape index (κ2) is 7.66. The first kappa shape index (κ1) is 17.4. The fourth-order valence-electron chi connectivity index (χ4n) is 4.05. The first-order valence-electron chi connectivity index (χ1n) is 9.28. The van der Waals surface area contributed by atoms with Crippen molar-refractivity contribution in [3.63, 3.8) is 0 Å². The molecule has 1 amide bonds. The van der Waals surface area contributed by atoms with E-state index in [0.717, 1.165) is 32.8 Å². The lowest BCUT2D eigenvalue weighted by molar-refractivity contribution is -0.129. The summed E-state index contributed by atoms with van der Waals surface area (Å²) in [5, 5.41) is 0. The molecule has 4 heteroatoms. The van der Waals surface area contributed by atoms with Crippen molar-refractivity contribution in [1.29, 1.82) is 0 Å². The molecule has 132 valence electrons. The van der Waals surface area contributed by atoms with Crippen molar-refractivity contribution in [2.75, 3.05) is 39.4 Å². The summed E-state index contributed by atoms with van der Waals surface area (Å²) < 4.78 is 5.90. The number of ether oxygens (including phenoxy) is 1. The lowest BCUT2D eigenvalue weighted by Crippen LogP contribution is -2.41. The summed E-state index contributed by atoms with van der Waals surface area (Å²) in [6.45, 7) is 9.76. The van der Waals surface area contributed by atoms with Gasteiger partial charge in [0.2, 0.25) is 5.91 Å². The number of amides is 1. The third kappa shape index (κ3) is 3.81. The minimum Gasteiger partial charge on any atom is -0.379 e. The van der Waals surface area contributed by atoms with E-state index in [4.69, 9.17) is 4.74 Å². The van der Waals surface area contributed by atoms with Crippen molar-refractivity contribution >= 4 is 5.91 Å². The van der Waals surface area contributed by atoms with Crippen LogP contribution in [0.25, 0.3) is 0 Å². The van der Waals surface area contributed by atoms with E-state index in [1.54, 1.807) is 0 Å². The average Bonchev–Trinajstić information content (AvgIpc) is 2.79. The van der Waals surface area contributed by atoms with Crippen LogP contribution in [0.4, 0.5) is 0 Å². The summed E-state index contributed by atoms with van der Waals surface area (Å²) in [5.41, 5.74) is 1.17. The van der Waals surface area contributed by atoms with Crippen molar-refractivity contribution in [3.05, 3.63) is 35.9 Å². The number of hydrogen-bond donors (Lipinski definition) is 0. The summed E-state index contributed by atoms with van der Waals surface area (Å²) in [5.74, 6) is 0.271. The van der Waals surface area contributed by atoms with Gasteiger partial charge in [-0.2, -0.15) is 0 Å². The van der Waals surface area contributed by atoms with E-state index >= 15 is 0 Å². The third-order valence-corrected chi connectivity index (χ3v) is 5.45. The molecule has 0 N–H and O–H groups in total. The molecule has 2 saturated heterocycles. The van der Waals surface area contributed by atoms with Crippen LogP contribution in [-0.2, 0) is 9.53 Å². The molecule has 4 nitrogen and oxygen atoms in total. The van der Waals surface area contributed by atoms with Crippen molar-refractivity contribution in [3.8, 4) is 0 Å². The van der Waals surface area contributed by atoms with E-state index in [2.05, 4.69) is 35.8 Å². The molecular weight excluding hydrogens is 300 g/mol.